The third-order valence-corrected chi connectivity index (χ3v) is 5.35. The zero-order valence-corrected chi connectivity index (χ0v) is 14.0. The van der Waals surface area contributed by atoms with Gasteiger partial charge in [-0.2, -0.15) is 0 Å². The van der Waals surface area contributed by atoms with Crippen LogP contribution < -0.4 is 11.1 Å². The third kappa shape index (κ3) is 4.43. The lowest BCUT2D eigenvalue weighted by Gasteiger charge is -2.30. The minimum Gasteiger partial charge on any atom is -0.368 e. The van der Waals surface area contributed by atoms with Crippen LogP contribution in [0.2, 0.25) is 0 Å². The van der Waals surface area contributed by atoms with Gasteiger partial charge in [0.25, 0.3) is 0 Å². The molecular formula is C17H33N3O. The van der Waals surface area contributed by atoms with E-state index in [-0.39, 0.29) is 11.9 Å². The molecule has 2 aliphatic rings. The second-order valence-electron chi connectivity index (χ2n) is 7.66. The van der Waals surface area contributed by atoms with Crippen molar-refractivity contribution in [3.05, 3.63) is 0 Å². The molecule has 4 heteroatoms. The maximum absolute atomic E-state index is 11.7. The summed E-state index contributed by atoms with van der Waals surface area (Å²) in [5.74, 6) is 1.72. The standard InChI is InChI=1S/C17H33N3O/c1-13(2)19-17(3,16(18)21)9-4-5-10-20-11-14-7-6-8-15(14)12-20/h13-15,19H,4-12H2,1-3H3,(H2,18,21). The van der Waals surface area contributed by atoms with E-state index in [1.54, 1.807) is 0 Å². The molecule has 4 nitrogen and oxygen atoms in total. The van der Waals surface area contributed by atoms with Crippen LogP contribution in [0.15, 0.2) is 0 Å². The molecule has 21 heavy (non-hydrogen) atoms. The van der Waals surface area contributed by atoms with E-state index in [1.165, 1.54) is 45.3 Å². The number of fused-ring (bicyclic) bond motifs is 1. The predicted molar refractivity (Wildman–Crippen MR) is 87.0 cm³/mol. The highest BCUT2D eigenvalue weighted by atomic mass is 16.1. The normalized spacial score (nSPS) is 28.8. The van der Waals surface area contributed by atoms with Gasteiger partial charge in [0.2, 0.25) is 5.91 Å². The number of hydrogen-bond donors (Lipinski definition) is 2. The molecule has 0 radical (unpaired) electrons. The SMILES string of the molecule is CC(C)NC(C)(CCCCN1CC2CCCC2C1)C(N)=O. The van der Waals surface area contributed by atoms with Crippen molar-refractivity contribution in [1.29, 1.82) is 0 Å². The summed E-state index contributed by atoms with van der Waals surface area (Å²) in [4.78, 5) is 14.3. The van der Waals surface area contributed by atoms with Crippen LogP contribution in [0.5, 0.6) is 0 Å². The quantitative estimate of drug-likeness (QED) is 0.674. The number of rotatable bonds is 8. The van der Waals surface area contributed by atoms with Gasteiger partial charge >= 0.3 is 0 Å². The van der Waals surface area contributed by atoms with E-state index in [2.05, 4.69) is 24.1 Å². The van der Waals surface area contributed by atoms with Gasteiger partial charge in [-0.05, 0) is 71.3 Å². The second-order valence-corrected chi connectivity index (χ2v) is 7.66. The highest BCUT2D eigenvalue weighted by Gasteiger charge is 2.35. The summed E-state index contributed by atoms with van der Waals surface area (Å²) in [6.07, 6.45) is 7.40. The lowest BCUT2D eigenvalue weighted by Crippen LogP contribution is -2.55. The number of nitrogens with one attached hydrogen (secondary N) is 1. The van der Waals surface area contributed by atoms with Crippen LogP contribution in [0.25, 0.3) is 0 Å². The molecule has 0 aromatic carbocycles. The van der Waals surface area contributed by atoms with Gasteiger partial charge in [0.15, 0.2) is 0 Å². The predicted octanol–water partition coefficient (Wildman–Crippen LogP) is 2.13. The van der Waals surface area contributed by atoms with Gasteiger partial charge in [0.05, 0.1) is 5.54 Å². The van der Waals surface area contributed by atoms with Gasteiger partial charge in [0.1, 0.15) is 0 Å². The minimum absolute atomic E-state index is 0.230. The monoisotopic (exact) mass is 295 g/mol. The topological polar surface area (TPSA) is 58.4 Å². The summed E-state index contributed by atoms with van der Waals surface area (Å²) in [6.45, 7) is 9.86. The van der Waals surface area contributed by atoms with Crippen LogP contribution in [0.1, 0.15) is 59.3 Å². The summed E-state index contributed by atoms with van der Waals surface area (Å²) in [7, 11) is 0. The fraction of sp³-hybridized carbons (Fsp3) is 0.941. The van der Waals surface area contributed by atoms with E-state index in [1.807, 2.05) is 6.92 Å². The first kappa shape index (κ1) is 16.8. The van der Waals surface area contributed by atoms with E-state index < -0.39 is 5.54 Å². The van der Waals surface area contributed by atoms with Crippen molar-refractivity contribution in [3.63, 3.8) is 0 Å². The lowest BCUT2D eigenvalue weighted by molar-refractivity contribution is -0.124. The van der Waals surface area contributed by atoms with Crippen LogP contribution in [-0.2, 0) is 4.79 Å². The Morgan fingerprint density at radius 1 is 1.29 bits per heavy atom. The van der Waals surface area contributed by atoms with Crippen molar-refractivity contribution in [2.45, 2.75) is 70.9 Å². The Balaban J connectivity index is 1.67. The molecular weight excluding hydrogens is 262 g/mol. The molecule has 1 heterocycles. The Hall–Kier alpha value is -0.610. The molecule has 3 unspecified atom stereocenters. The number of carbonyl (C=O) groups is 1. The first-order chi connectivity index (χ1) is 9.90. The molecule has 3 atom stereocenters. The van der Waals surface area contributed by atoms with Crippen molar-refractivity contribution in [2.24, 2.45) is 17.6 Å². The van der Waals surface area contributed by atoms with Crippen LogP contribution in [0, 0.1) is 11.8 Å². The molecule has 2 fully saturated rings. The molecule has 1 saturated heterocycles. The molecule has 3 N–H and O–H groups in total. The van der Waals surface area contributed by atoms with Crippen molar-refractivity contribution >= 4 is 5.91 Å². The van der Waals surface area contributed by atoms with E-state index >= 15 is 0 Å². The number of primary amides is 1. The summed E-state index contributed by atoms with van der Waals surface area (Å²) in [6, 6.07) is 0.278. The zero-order valence-electron chi connectivity index (χ0n) is 14.0. The molecule has 0 aromatic rings. The van der Waals surface area contributed by atoms with Gasteiger partial charge in [-0.1, -0.05) is 6.42 Å². The third-order valence-electron chi connectivity index (χ3n) is 5.35. The zero-order chi connectivity index (χ0) is 15.5. The van der Waals surface area contributed by atoms with Crippen LogP contribution in [0.3, 0.4) is 0 Å². The van der Waals surface area contributed by atoms with Crippen molar-refractivity contribution in [3.8, 4) is 0 Å². The smallest absolute Gasteiger partial charge is 0.237 e. The summed E-state index contributed by atoms with van der Waals surface area (Å²) in [5.41, 5.74) is 5.01. The maximum atomic E-state index is 11.7. The van der Waals surface area contributed by atoms with E-state index in [9.17, 15) is 4.79 Å². The van der Waals surface area contributed by atoms with Crippen LogP contribution in [0.4, 0.5) is 0 Å². The number of likely N-dealkylation sites (tertiary alicyclic amines) is 1. The largest absolute Gasteiger partial charge is 0.368 e. The van der Waals surface area contributed by atoms with Crippen LogP contribution >= 0.6 is 0 Å². The molecule has 0 bridgehead atoms. The summed E-state index contributed by atoms with van der Waals surface area (Å²) >= 11 is 0. The fourth-order valence-corrected chi connectivity index (χ4v) is 4.23. The summed E-state index contributed by atoms with van der Waals surface area (Å²) in [5, 5.41) is 3.33. The lowest BCUT2D eigenvalue weighted by atomic mass is 9.93. The van der Waals surface area contributed by atoms with Crippen molar-refractivity contribution in [2.75, 3.05) is 19.6 Å². The average molecular weight is 295 g/mol. The van der Waals surface area contributed by atoms with Gasteiger partial charge in [-0.3, -0.25) is 4.79 Å². The van der Waals surface area contributed by atoms with Gasteiger partial charge in [0, 0.05) is 19.1 Å². The number of hydrogen-bond acceptors (Lipinski definition) is 3. The molecule has 2 rings (SSSR count). The molecule has 122 valence electrons. The molecule has 1 aliphatic heterocycles. The van der Waals surface area contributed by atoms with E-state index in [0.29, 0.717) is 0 Å². The van der Waals surface area contributed by atoms with Crippen molar-refractivity contribution < 1.29 is 4.79 Å². The molecule has 0 spiro atoms. The van der Waals surface area contributed by atoms with Gasteiger partial charge in [-0.15, -0.1) is 0 Å². The number of carbonyl (C=O) groups excluding carboxylic acids is 1. The maximum Gasteiger partial charge on any atom is 0.237 e. The number of nitrogens with zero attached hydrogens (tertiary/aromatic N) is 1. The Morgan fingerprint density at radius 3 is 2.43 bits per heavy atom. The van der Waals surface area contributed by atoms with Crippen molar-refractivity contribution in [1.82, 2.24) is 10.2 Å². The highest BCUT2D eigenvalue weighted by molar-refractivity contribution is 5.84. The number of nitrogens with two attached hydrogens (primary N) is 1. The van der Waals surface area contributed by atoms with Gasteiger partial charge < -0.3 is 16.0 Å². The minimum atomic E-state index is -0.560. The molecule has 1 saturated carbocycles. The van der Waals surface area contributed by atoms with E-state index in [0.717, 1.165) is 24.7 Å². The first-order valence-corrected chi connectivity index (χ1v) is 8.70. The second kappa shape index (κ2) is 7.10. The van der Waals surface area contributed by atoms with Crippen LogP contribution in [-0.4, -0.2) is 42.0 Å². The molecule has 1 aliphatic carbocycles. The van der Waals surface area contributed by atoms with E-state index in [4.69, 9.17) is 5.73 Å². The number of amides is 1. The summed E-state index contributed by atoms with van der Waals surface area (Å²) < 4.78 is 0. The fourth-order valence-electron chi connectivity index (χ4n) is 4.23. The molecule has 0 aromatic heterocycles. The Morgan fingerprint density at radius 2 is 1.90 bits per heavy atom. The Labute approximate surface area is 129 Å². The van der Waals surface area contributed by atoms with Gasteiger partial charge in [-0.25, -0.2) is 0 Å². The average Bonchev–Trinajstić information content (AvgIpc) is 2.94. The molecule has 1 amide bonds. The Kier molecular flexibility index (Phi) is 5.67. The number of unbranched alkanes of at least 4 members (excludes halogenated alkanes) is 1. The Bertz CT molecular complexity index is 346. The first-order valence-electron chi connectivity index (χ1n) is 8.70. The highest BCUT2D eigenvalue weighted by Crippen LogP contribution is 2.37.